The molecule has 0 aliphatic rings. The summed E-state index contributed by atoms with van der Waals surface area (Å²) < 4.78 is 60.8. The van der Waals surface area contributed by atoms with Gasteiger partial charge >= 0.3 is 6.61 Å². The van der Waals surface area contributed by atoms with E-state index < -0.39 is 29.1 Å². The number of halogens is 3. The maximum Gasteiger partial charge on any atom is 0.387 e. The molecule has 2 rings (SSSR count). The van der Waals surface area contributed by atoms with E-state index in [0.717, 1.165) is 10.4 Å². The van der Waals surface area contributed by atoms with Crippen LogP contribution in [0.15, 0.2) is 51.8 Å². The molecule has 0 fully saturated rings. The molecule has 0 aliphatic carbocycles. The highest BCUT2D eigenvalue weighted by Crippen LogP contribution is 2.31. The SMILES string of the molecule is COc1ccc(NC(=O)CN(C)S(=O)(=O)c2ccc(Br)cc2)cc1OC(F)F. The number of hydrogen-bond donors (Lipinski definition) is 1. The minimum Gasteiger partial charge on any atom is -0.493 e. The first-order valence-corrected chi connectivity index (χ1v) is 10.0. The van der Waals surface area contributed by atoms with Crippen LogP contribution < -0.4 is 14.8 Å². The van der Waals surface area contributed by atoms with Crippen LogP contribution in [0.2, 0.25) is 0 Å². The molecule has 2 aromatic carbocycles. The Morgan fingerprint density at radius 3 is 2.39 bits per heavy atom. The Kier molecular flexibility index (Phi) is 7.33. The number of hydrogen-bond acceptors (Lipinski definition) is 5. The number of rotatable bonds is 8. The van der Waals surface area contributed by atoms with Crippen LogP contribution in [-0.2, 0) is 14.8 Å². The number of alkyl halides is 2. The molecule has 0 aromatic heterocycles. The number of likely N-dealkylation sites (N-methyl/N-ethyl adjacent to an activating group) is 1. The van der Waals surface area contributed by atoms with Gasteiger partial charge < -0.3 is 14.8 Å². The molecule has 0 bridgehead atoms. The summed E-state index contributed by atoms with van der Waals surface area (Å²) in [5.74, 6) is -0.851. The van der Waals surface area contributed by atoms with Crippen molar-refractivity contribution in [1.29, 1.82) is 0 Å². The lowest BCUT2D eigenvalue weighted by Gasteiger charge is -2.17. The topological polar surface area (TPSA) is 84.9 Å². The van der Waals surface area contributed by atoms with Gasteiger partial charge in [0, 0.05) is 23.3 Å². The minimum absolute atomic E-state index is 0.0306. The van der Waals surface area contributed by atoms with Crippen LogP contribution in [0.5, 0.6) is 11.5 Å². The summed E-state index contributed by atoms with van der Waals surface area (Å²) >= 11 is 3.22. The van der Waals surface area contributed by atoms with Gasteiger partial charge in [-0.2, -0.15) is 13.1 Å². The predicted molar refractivity (Wildman–Crippen MR) is 102 cm³/mol. The van der Waals surface area contributed by atoms with Gasteiger partial charge in [0.2, 0.25) is 15.9 Å². The van der Waals surface area contributed by atoms with Crippen molar-refractivity contribution >= 4 is 37.5 Å². The lowest BCUT2D eigenvalue weighted by molar-refractivity contribution is -0.116. The van der Waals surface area contributed by atoms with Crippen LogP contribution in [0.25, 0.3) is 0 Å². The van der Waals surface area contributed by atoms with E-state index in [1.807, 2.05) is 0 Å². The molecule has 0 unspecified atom stereocenters. The normalized spacial score (nSPS) is 11.5. The average molecular weight is 479 g/mol. The lowest BCUT2D eigenvalue weighted by Crippen LogP contribution is -2.34. The first kappa shape index (κ1) is 22.1. The summed E-state index contributed by atoms with van der Waals surface area (Å²) in [6.07, 6.45) is 0. The zero-order chi connectivity index (χ0) is 20.9. The van der Waals surface area contributed by atoms with Crippen molar-refractivity contribution in [2.24, 2.45) is 0 Å². The highest BCUT2D eigenvalue weighted by molar-refractivity contribution is 9.10. The third kappa shape index (κ3) is 5.63. The molecule has 0 saturated heterocycles. The summed E-state index contributed by atoms with van der Waals surface area (Å²) in [6.45, 7) is -3.54. The molecule has 0 spiro atoms. The van der Waals surface area contributed by atoms with Crippen LogP contribution in [0.4, 0.5) is 14.5 Å². The minimum atomic E-state index is -3.87. The molecular weight excluding hydrogens is 462 g/mol. The maximum atomic E-state index is 12.5. The number of methoxy groups -OCH3 is 1. The van der Waals surface area contributed by atoms with E-state index in [0.29, 0.717) is 4.47 Å². The second-order valence-corrected chi connectivity index (χ2v) is 8.47. The van der Waals surface area contributed by atoms with Gasteiger partial charge in [0.25, 0.3) is 0 Å². The van der Waals surface area contributed by atoms with Gasteiger partial charge in [-0.05, 0) is 36.4 Å². The van der Waals surface area contributed by atoms with Crippen molar-refractivity contribution in [3.8, 4) is 11.5 Å². The highest BCUT2D eigenvalue weighted by atomic mass is 79.9. The number of anilines is 1. The summed E-state index contributed by atoms with van der Waals surface area (Å²) in [6, 6.07) is 9.88. The molecule has 0 saturated carbocycles. The van der Waals surface area contributed by atoms with Crippen molar-refractivity contribution in [2.75, 3.05) is 26.0 Å². The Labute approximate surface area is 169 Å². The van der Waals surface area contributed by atoms with E-state index in [9.17, 15) is 22.0 Å². The molecule has 0 aliphatic heterocycles. The van der Waals surface area contributed by atoms with Crippen LogP contribution in [0.3, 0.4) is 0 Å². The van der Waals surface area contributed by atoms with Crippen LogP contribution in [0.1, 0.15) is 0 Å². The molecular formula is C17H17BrF2N2O5S. The van der Waals surface area contributed by atoms with Gasteiger partial charge in [0.15, 0.2) is 11.5 Å². The van der Waals surface area contributed by atoms with Crippen molar-refractivity contribution < 1.29 is 31.5 Å². The Bertz CT molecular complexity index is 939. The standard InChI is InChI=1S/C17H17BrF2N2O5S/c1-22(28(24,25)13-6-3-11(18)4-7-13)10-16(23)21-12-5-8-14(26-2)15(9-12)27-17(19)20/h3-9,17H,10H2,1-2H3,(H,21,23). The van der Waals surface area contributed by atoms with Gasteiger partial charge in [-0.25, -0.2) is 8.42 Å². The van der Waals surface area contributed by atoms with Gasteiger partial charge in [-0.1, -0.05) is 15.9 Å². The van der Waals surface area contributed by atoms with E-state index in [2.05, 4.69) is 26.0 Å². The Morgan fingerprint density at radius 1 is 1.18 bits per heavy atom. The monoisotopic (exact) mass is 478 g/mol. The zero-order valence-electron chi connectivity index (χ0n) is 14.9. The number of nitrogens with zero attached hydrogens (tertiary/aromatic N) is 1. The first-order chi connectivity index (χ1) is 13.1. The number of carbonyl (C=O) groups excluding carboxylic acids is 1. The van der Waals surface area contributed by atoms with Crippen LogP contribution >= 0.6 is 15.9 Å². The third-order valence-corrected chi connectivity index (χ3v) is 5.90. The fourth-order valence-electron chi connectivity index (χ4n) is 2.22. The first-order valence-electron chi connectivity index (χ1n) is 7.78. The second kappa shape index (κ2) is 9.30. The Balaban J connectivity index is 2.09. The molecule has 1 N–H and O–H groups in total. The smallest absolute Gasteiger partial charge is 0.387 e. The lowest BCUT2D eigenvalue weighted by atomic mass is 10.2. The Morgan fingerprint density at radius 2 is 1.82 bits per heavy atom. The number of nitrogens with one attached hydrogen (secondary N) is 1. The number of carbonyl (C=O) groups is 1. The van der Waals surface area contributed by atoms with E-state index in [4.69, 9.17) is 4.74 Å². The largest absolute Gasteiger partial charge is 0.493 e. The second-order valence-electron chi connectivity index (χ2n) is 5.51. The van der Waals surface area contributed by atoms with Crippen LogP contribution in [-0.4, -0.2) is 45.9 Å². The van der Waals surface area contributed by atoms with Crippen LogP contribution in [0, 0.1) is 0 Å². The average Bonchev–Trinajstić information content (AvgIpc) is 2.61. The summed E-state index contributed by atoms with van der Waals surface area (Å²) in [7, 11) is -1.32. The number of amides is 1. The predicted octanol–water partition coefficient (Wildman–Crippen LogP) is 3.32. The molecule has 0 atom stereocenters. The van der Waals surface area contributed by atoms with Gasteiger partial charge in [-0.15, -0.1) is 0 Å². The molecule has 28 heavy (non-hydrogen) atoms. The van der Waals surface area contributed by atoms with Crippen molar-refractivity contribution in [1.82, 2.24) is 4.31 Å². The molecule has 2 aromatic rings. The maximum absolute atomic E-state index is 12.5. The van der Waals surface area contributed by atoms with Crippen molar-refractivity contribution in [3.05, 3.63) is 46.9 Å². The fraction of sp³-hybridized carbons (Fsp3) is 0.235. The van der Waals surface area contributed by atoms with E-state index >= 15 is 0 Å². The fourth-order valence-corrected chi connectivity index (χ4v) is 3.61. The molecule has 1 amide bonds. The van der Waals surface area contributed by atoms with Gasteiger partial charge in [0.05, 0.1) is 18.6 Å². The molecule has 7 nitrogen and oxygen atoms in total. The van der Waals surface area contributed by atoms with Gasteiger partial charge in [-0.3, -0.25) is 4.79 Å². The number of ether oxygens (including phenoxy) is 2. The molecule has 0 heterocycles. The highest BCUT2D eigenvalue weighted by Gasteiger charge is 2.23. The number of sulfonamides is 1. The molecule has 0 radical (unpaired) electrons. The Hall–Kier alpha value is -2.24. The number of benzene rings is 2. The molecule has 11 heteroatoms. The van der Waals surface area contributed by atoms with Gasteiger partial charge in [0.1, 0.15) is 0 Å². The van der Waals surface area contributed by atoms with Crippen molar-refractivity contribution in [3.63, 3.8) is 0 Å². The van der Waals surface area contributed by atoms with Crippen molar-refractivity contribution in [2.45, 2.75) is 11.5 Å². The summed E-state index contributed by atoms with van der Waals surface area (Å²) in [4.78, 5) is 12.2. The quantitative estimate of drug-likeness (QED) is 0.628. The summed E-state index contributed by atoms with van der Waals surface area (Å²) in [5, 5.41) is 2.44. The van der Waals surface area contributed by atoms with E-state index in [1.165, 1.54) is 38.4 Å². The third-order valence-electron chi connectivity index (χ3n) is 3.55. The zero-order valence-corrected chi connectivity index (χ0v) is 17.3. The summed E-state index contributed by atoms with van der Waals surface area (Å²) in [5.41, 5.74) is 0.149. The van der Waals surface area contributed by atoms with E-state index in [-0.39, 0.29) is 22.1 Å². The van der Waals surface area contributed by atoms with E-state index in [1.54, 1.807) is 12.1 Å². The molecule has 152 valence electrons.